The highest BCUT2D eigenvalue weighted by atomic mass is 16.7. The molecule has 2 atom stereocenters. The van der Waals surface area contributed by atoms with E-state index in [1.807, 2.05) is 19.1 Å². The minimum Gasteiger partial charge on any atom is -0.454 e. The second kappa shape index (κ2) is 5.82. The number of hydrogen-bond donors (Lipinski definition) is 1. The Bertz CT molecular complexity index is 702. The number of likely N-dealkylation sites (tertiary alicyclic amines) is 1. The first-order valence-corrected chi connectivity index (χ1v) is 7.78. The number of para-hydroxylation sites is 1. The molecular formula is C16H20N4O3. The van der Waals surface area contributed by atoms with Crippen LogP contribution in [0.3, 0.4) is 0 Å². The summed E-state index contributed by atoms with van der Waals surface area (Å²) in [6, 6.07) is 6.15. The maximum atomic E-state index is 5.62. The first kappa shape index (κ1) is 14.5. The van der Waals surface area contributed by atoms with Gasteiger partial charge >= 0.3 is 0 Å². The lowest BCUT2D eigenvalue weighted by Gasteiger charge is -2.22. The first-order chi connectivity index (χ1) is 11.2. The molecule has 7 heteroatoms. The van der Waals surface area contributed by atoms with Crippen molar-refractivity contribution in [3.63, 3.8) is 0 Å². The Morgan fingerprint density at radius 3 is 3.09 bits per heavy atom. The van der Waals surface area contributed by atoms with Gasteiger partial charge in [-0.15, -0.1) is 0 Å². The molecule has 23 heavy (non-hydrogen) atoms. The van der Waals surface area contributed by atoms with Crippen molar-refractivity contribution in [3.05, 3.63) is 35.4 Å². The zero-order valence-electron chi connectivity index (χ0n) is 13.3. The number of ether oxygens (including phenoxy) is 3. The summed E-state index contributed by atoms with van der Waals surface area (Å²) in [4.78, 5) is 6.85. The summed E-state index contributed by atoms with van der Waals surface area (Å²) in [7, 11) is 1.76. The van der Waals surface area contributed by atoms with Crippen molar-refractivity contribution in [1.29, 1.82) is 0 Å². The summed E-state index contributed by atoms with van der Waals surface area (Å²) in [5.41, 5.74) is 1.12. The first-order valence-electron chi connectivity index (χ1n) is 7.78. The van der Waals surface area contributed by atoms with Crippen LogP contribution in [-0.2, 0) is 11.3 Å². The molecule has 0 amide bonds. The lowest BCUT2D eigenvalue weighted by Crippen LogP contribution is -2.25. The SMILES string of the molecule is CO[C@@H]1C[C@@H](c2n[nH]c(C)n2)N(Cc2cccc3c2OCO3)C1. The van der Waals surface area contributed by atoms with E-state index in [9.17, 15) is 0 Å². The monoisotopic (exact) mass is 316 g/mol. The summed E-state index contributed by atoms with van der Waals surface area (Å²) in [6.07, 6.45) is 1.08. The van der Waals surface area contributed by atoms with Gasteiger partial charge in [0.05, 0.1) is 12.1 Å². The molecule has 2 aromatic rings. The van der Waals surface area contributed by atoms with Gasteiger partial charge in [0.2, 0.25) is 6.79 Å². The maximum Gasteiger partial charge on any atom is 0.231 e. The number of fused-ring (bicyclic) bond motifs is 1. The number of rotatable bonds is 4. The average molecular weight is 316 g/mol. The van der Waals surface area contributed by atoms with Crippen molar-refractivity contribution >= 4 is 0 Å². The van der Waals surface area contributed by atoms with Gasteiger partial charge < -0.3 is 14.2 Å². The fourth-order valence-corrected chi connectivity index (χ4v) is 3.32. The number of nitrogens with one attached hydrogen (secondary N) is 1. The Morgan fingerprint density at radius 1 is 1.39 bits per heavy atom. The summed E-state index contributed by atoms with van der Waals surface area (Å²) < 4.78 is 16.7. The Kier molecular flexibility index (Phi) is 3.66. The molecule has 0 aliphatic carbocycles. The number of aromatic nitrogens is 3. The zero-order valence-corrected chi connectivity index (χ0v) is 13.3. The Balaban J connectivity index is 1.60. The second-order valence-corrected chi connectivity index (χ2v) is 5.97. The molecule has 0 radical (unpaired) electrons. The highest BCUT2D eigenvalue weighted by Crippen LogP contribution is 2.39. The predicted molar refractivity (Wildman–Crippen MR) is 82.2 cm³/mol. The van der Waals surface area contributed by atoms with Gasteiger partial charge in [0.1, 0.15) is 5.82 Å². The summed E-state index contributed by atoms with van der Waals surface area (Å²) in [6.45, 7) is 3.80. The highest BCUT2D eigenvalue weighted by Gasteiger charge is 2.36. The van der Waals surface area contributed by atoms with Crippen LogP contribution in [-0.4, -0.2) is 46.6 Å². The van der Waals surface area contributed by atoms with E-state index in [1.54, 1.807) is 7.11 Å². The van der Waals surface area contributed by atoms with E-state index in [-0.39, 0.29) is 18.9 Å². The quantitative estimate of drug-likeness (QED) is 0.927. The van der Waals surface area contributed by atoms with E-state index in [1.165, 1.54) is 0 Å². The van der Waals surface area contributed by atoms with Gasteiger partial charge in [-0.1, -0.05) is 12.1 Å². The molecule has 1 aromatic heterocycles. The van der Waals surface area contributed by atoms with Gasteiger partial charge in [-0.3, -0.25) is 10.00 Å². The van der Waals surface area contributed by atoms with Gasteiger partial charge in [0.25, 0.3) is 0 Å². The molecule has 3 heterocycles. The lowest BCUT2D eigenvalue weighted by atomic mass is 10.1. The van der Waals surface area contributed by atoms with Gasteiger partial charge in [-0.2, -0.15) is 5.10 Å². The van der Waals surface area contributed by atoms with Crippen LogP contribution in [0.4, 0.5) is 0 Å². The van der Waals surface area contributed by atoms with E-state index in [0.29, 0.717) is 0 Å². The Labute approximate surface area is 134 Å². The van der Waals surface area contributed by atoms with Gasteiger partial charge in [0.15, 0.2) is 17.3 Å². The molecule has 122 valence electrons. The zero-order chi connectivity index (χ0) is 15.8. The van der Waals surface area contributed by atoms with Crippen molar-refractivity contribution in [2.75, 3.05) is 20.4 Å². The molecule has 1 aromatic carbocycles. The van der Waals surface area contributed by atoms with Crippen molar-refractivity contribution < 1.29 is 14.2 Å². The van der Waals surface area contributed by atoms with Crippen molar-refractivity contribution in [2.45, 2.75) is 32.0 Å². The van der Waals surface area contributed by atoms with E-state index in [4.69, 9.17) is 14.2 Å². The molecule has 2 aliphatic heterocycles. The third kappa shape index (κ3) is 2.66. The Hall–Kier alpha value is -2.12. The van der Waals surface area contributed by atoms with Crippen LogP contribution in [0.2, 0.25) is 0 Å². The fraction of sp³-hybridized carbons (Fsp3) is 0.500. The van der Waals surface area contributed by atoms with Crippen LogP contribution >= 0.6 is 0 Å². The maximum absolute atomic E-state index is 5.62. The number of aromatic amines is 1. The third-order valence-electron chi connectivity index (χ3n) is 4.46. The summed E-state index contributed by atoms with van der Waals surface area (Å²) in [5, 5.41) is 7.27. The summed E-state index contributed by atoms with van der Waals surface area (Å²) >= 11 is 0. The van der Waals surface area contributed by atoms with Gasteiger partial charge in [-0.05, 0) is 19.4 Å². The number of H-pyrrole nitrogens is 1. The molecule has 0 saturated carbocycles. The number of benzene rings is 1. The van der Waals surface area contributed by atoms with E-state index in [0.717, 1.165) is 48.2 Å². The van der Waals surface area contributed by atoms with Crippen LogP contribution in [0.1, 0.15) is 29.7 Å². The lowest BCUT2D eigenvalue weighted by molar-refractivity contribution is 0.107. The van der Waals surface area contributed by atoms with Crippen molar-refractivity contribution in [1.82, 2.24) is 20.1 Å². The minimum absolute atomic E-state index is 0.142. The molecule has 0 bridgehead atoms. The number of methoxy groups -OCH3 is 1. The average Bonchev–Trinajstić information content (AvgIpc) is 3.26. The number of hydrogen-bond acceptors (Lipinski definition) is 6. The van der Waals surface area contributed by atoms with E-state index < -0.39 is 0 Å². The molecule has 2 aliphatic rings. The molecular weight excluding hydrogens is 296 g/mol. The van der Waals surface area contributed by atoms with Crippen LogP contribution in [0.5, 0.6) is 11.5 Å². The highest BCUT2D eigenvalue weighted by molar-refractivity contribution is 5.48. The van der Waals surface area contributed by atoms with Crippen LogP contribution < -0.4 is 9.47 Å². The molecule has 4 rings (SSSR count). The smallest absolute Gasteiger partial charge is 0.231 e. The van der Waals surface area contributed by atoms with E-state index in [2.05, 4.69) is 26.1 Å². The topological polar surface area (TPSA) is 72.5 Å². The fourth-order valence-electron chi connectivity index (χ4n) is 3.32. The predicted octanol–water partition coefficient (Wildman–Crippen LogP) is 1.80. The van der Waals surface area contributed by atoms with Gasteiger partial charge in [0, 0.05) is 25.8 Å². The normalized spacial score (nSPS) is 23.6. The number of nitrogens with zero attached hydrogens (tertiary/aromatic N) is 3. The van der Waals surface area contributed by atoms with Crippen LogP contribution in [0.15, 0.2) is 18.2 Å². The third-order valence-corrected chi connectivity index (χ3v) is 4.46. The van der Waals surface area contributed by atoms with Crippen molar-refractivity contribution in [3.8, 4) is 11.5 Å². The van der Waals surface area contributed by atoms with Crippen LogP contribution in [0.25, 0.3) is 0 Å². The van der Waals surface area contributed by atoms with Gasteiger partial charge in [-0.25, -0.2) is 4.98 Å². The largest absolute Gasteiger partial charge is 0.454 e. The molecule has 1 N–H and O–H groups in total. The molecule has 7 nitrogen and oxygen atoms in total. The summed E-state index contributed by atoms with van der Waals surface area (Å²) in [5.74, 6) is 3.32. The molecule has 1 fully saturated rings. The van der Waals surface area contributed by atoms with Crippen LogP contribution in [0, 0.1) is 6.92 Å². The van der Waals surface area contributed by atoms with Crippen molar-refractivity contribution in [2.24, 2.45) is 0 Å². The molecule has 1 saturated heterocycles. The standard InChI is InChI=1S/C16H20N4O3/c1-10-17-16(19-18-10)13-6-12(21-2)8-20(13)7-11-4-3-5-14-15(11)23-9-22-14/h3-5,12-13H,6-9H2,1-2H3,(H,17,18,19)/t12-,13+/m1/s1. The Morgan fingerprint density at radius 2 is 2.30 bits per heavy atom. The minimum atomic E-state index is 0.142. The molecule has 0 unspecified atom stereocenters. The number of aryl methyl sites for hydroxylation is 1. The second-order valence-electron chi connectivity index (χ2n) is 5.97. The van der Waals surface area contributed by atoms with E-state index >= 15 is 0 Å². The molecule has 0 spiro atoms.